The molecule has 0 N–H and O–H groups in total. The van der Waals surface area contributed by atoms with E-state index in [0.717, 1.165) is 36.1 Å². The van der Waals surface area contributed by atoms with Crippen molar-refractivity contribution in [3.05, 3.63) is 108 Å². The van der Waals surface area contributed by atoms with Crippen molar-refractivity contribution < 1.29 is 13.9 Å². The van der Waals surface area contributed by atoms with Crippen LogP contribution in [0.25, 0.3) is 23.0 Å². The van der Waals surface area contributed by atoms with Gasteiger partial charge < -0.3 is 9.64 Å². The Labute approximate surface area is 221 Å². The average molecular weight is 507 g/mol. The number of piperidine rings is 1. The fourth-order valence-electron chi connectivity index (χ4n) is 4.45. The molecule has 1 fully saturated rings. The molecule has 1 aromatic heterocycles. The highest BCUT2D eigenvalue weighted by atomic mass is 19.1. The zero-order chi connectivity index (χ0) is 26.3. The van der Waals surface area contributed by atoms with E-state index < -0.39 is 0 Å². The van der Waals surface area contributed by atoms with Crippen molar-refractivity contribution in [3.63, 3.8) is 0 Å². The predicted octanol–water partition coefficient (Wildman–Crippen LogP) is 6.18. The molecule has 0 atom stereocenters. The fraction of sp³-hybridized carbons (Fsp3) is 0.194. The Morgan fingerprint density at radius 3 is 2.37 bits per heavy atom. The van der Waals surface area contributed by atoms with E-state index in [1.165, 1.54) is 12.1 Å². The van der Waals surface area contributed by atoms with Crippen molar-refractivity contribution in [2.75, 3.05) is 13.1 Å². The zero-order valence-corrected chi connectivity index (χ0v) is 20.9. The van der Waals surface area contributed by atoms with Gasteiger partial charge in [0.25, 0.3) is 5.91 Å². The first-order valence-electron chi connectivity index (χ1n) is 12.6. The van der Waals surface area contributed by atoms with Crippen LogP contribution in [-0.4, -0.2) is 33.7 Å². The summed E-state index contributed by atoms with van der Waals surface area (Å²) in [6.45, 7) is 1.67. The molecule has 7 heteroatoms. The van der Waals surface area contributed by atoms with Crippen molar-refractivity contribution in [1.29, 1.82) is 5.26 Å². The van der Waals surface area contributed by atoms with E-state index in [9.17, 15) is 14.4 Å². The molecule has 5 rings (SSSR count). The van der Waals surface area contributed by atoms with Gasteiger partial charge in [0, 0.05) is 30.4 Å². The molecular formula is C31H27FN4O2. The third kappa shape index (κ3) is 5.81. The quantitative estimate of drug-likeness (QED) is 0.222. The van der Waals surface area contributed by atoms with Gasteiger partial charge in [-0.1, -0.05) is 30.3 Å². The normalized spacial score (nSPS) is 13.7. The Hall–Kier alpha value is -4.70. The van der Waals surface area contributed by atoms with E-state index >= 15 is 0 Å². The minimum atomic E-state index is -0.282. The Morgan fingerprint density at radius 1 is 0.974 bits per heavy atom. The second kappa shape index (κ2) is 11.6. The molecule has 1 amide bonds. The molecule has 1 saturated heterocycles. The smallest absolute Gasteiger partial charge is 0.264 e. The van der Waals surface area contributed by atoms with Gasteiger partial charge >= 0.3 is 0 Å². The monoisotopic (exact) mass is 506 g/mol. The highest BCUT2D eigenvalue weighted by Gasteiger charge is 2.21. The third-order valence-corrected chi connectivity index (χ3v) is 6.50. The lowest BCUT2D eigenvalue weighted by Gasteiger charge is -2.26. The molecular weight excluding hydrogens is 479 g/mol. The molecule has 0 aliphatic carbocycles. The molecule has 4 aromatic rings. The first-order valence-corrected chi connectivity index (χ1v) is 12.6. The SMILES string of the molecule is N#CC(=Cc1cn(-c2ccccc2)nc1-c1ccc(OCc2ccc(F)cc2)cc1)C(=O)N1CCCCC1. The maximum atomic E-state index is 13.1. The Kier molecular flexibility index (Phi) is 7.60. The lowest BCUT2D eigenvalue weighted by molar-refractivity contribution is -0.127. The Balaban J connectivity index is 1.44. The van der Waals surface area contributed by atoms with Crippen molar-refractivity contribution in [3.8, 4) is 28.8 Å². The minimum Gasteiger partial charge on any atom is -0.489 e. The number of amides is 1. The maximum Gasteiger partial charge on any atom is 0.264 e. The lowest BCUT2D eigenvalue weighted by atomic mass is 10.0. The van der Waals surface area contributed by atoms with Crippen LogP contribution in [0, 0.1) is 17.1 Å². The second-order valence-corrected chi connectivity index (χ2v) is 9.18. The number of aromatic nitrogens is 2. The second-order valence-electron chi connectivity index (χ2n) is 9.18. The third-order valence-electron chi connectivity index (χ3n) is 6.50. The summed E-state index contributed by atoms with van der Waals surface area (Å²) in [5.74, 6) is 0.140. The number of carbonyl (C=O) groups is 1. The van der Waals surface area contributed by atoms with E-state index in [1.807, 2.05) is 60.8 Å². The maximum absolute atomic E-state index is 13.1. The van der Waals surface area contributed by atoms with Gasteiger partial charge in [0.2, 0.25) is 0 Å². The van der Waals surface area contributed by atoms with Crippen LogP contribution in [0.1, 0.15) is 30.4 Å². The molecule has 2 heterocycles. The van der Waals surface area contributed by atoms with Gasteiger partial charge in [0.15, 0.2) is 0 Å². The molecule has 0 saturated carbocycles. The molecule has 0 unspecified atom stereocenters. The van der Waals surface area contributed by atoms with Crippen LogP contribution in [-0.2, 0) is 11.4 Å². The molecule has 1 aliphatic rings. The van der Waals surface area contributed by atoms with Gasteiger partial charge in [0.1, 0.15) is 29.8 Å². The number of hydrogen-bond acceptors (Lipinski definition) is 4. The minimum absolute atomic E-state index is 0.0972. The summed E-state index contributed by atoms with van der Waals surface area (Å²) in [7, 11) is 0. The van der Waals surface area contributed by atoms with Crippen molar-refractivity contribution in [2.24, 2.45) is 0 Å². The summed E-state index contributed by atoms with van der Waals surface area (Å²) >= 11 is 0. The number of ether oxygens (including phenoxy) is 1. The van der Waals surface area contributed by atoms with E-state index in [4.69, 9.17) is 9.84 Å². The number of benzene rings is 3. The summed E-state index contributed by atoms with van der Waals surface area (Å²) in [5.41, 5.74) is 3.98. The highest BCUT2D eigenvalue weighted by molar-refractivity contribution is 6.02. The predicted molar refractivity (Wildman–Crippen MR) is 144 cm³/mol. The average Bonchev–Trinajstić information content (AvgIpc) is 3.40. The highest BCUT2D eigenvalue weighted by Crippen LogP contribution is 2.28. The Morgan fingerprint density at radius 2 is 1.68 bits per heavy atom. The number of halogens is 1. The molecule has 0 spiro atoms. The fourth-order valence-corrected chi connectivity index (χ4v) is 4.45. The van der Waals surface area contributed by atoms with Gasteiger partial charge in [-0.3, -0.25) is 4.79 Å². The van der Waals surface area contributed by atoms with E-state index in [1.54, 1.807) is 27.8 Å². The van der Waals surface area contributed by atoms with Crippen molar-refractivity contribution in [1.82, 2.24) is 14.7 Å². The molecule has 3 aromatic carbocycles. The van der Waals surface area contributed by atoms with Gasteiger partial charge in [-0.25, -0.2) is 9.07 Å². The number of carbonyl (C=O) groups excluding carboxylic acids is 1. The van der Waals surface area contributed by atoms with Crippen LogP contribution < -0.4 is 4.74 Å². The van der Waals surface area contributed by atoms with Crippen molar-refractivity contribution >= 4 is 12.0 Å². The van der Waals surface area contributed by atoms with Crippen LogP contribution in [0.15, 0.2) is 90.6 Å². The van der Waals surface area contributed by atoms with E-state index in [0.29, 0.717) is 36.7 Å². The van der Waals surface area contributed by atoms with Crippen LogP contribution in [0.5, 0.6) is 5.75 Å². The zero-order valence-electron chi connectivity index (χ0n) is 20.9. The van der Waals surface area contributed by atoms with Gasteiger partial charge in [-0.05, 0) is 79.4 Å². The molecule has 190 valence electrons. The summed E-state index contributed by atoms with van der Waals surface area (Å²) in [4.78, 5) is 14.8. The molecule has 0 radical (unpaired) electrons. The summed E-state index contributed by atoms with van der Waals surface area (Å²) < 4.78 is 20.8. The molecule has 38 heavy (non-hydrogen) atoms. The number of nitrogens with zero attached hydrogens (tertiary/aromatic N) is 4. The molecule has 6 nitrogen and oxygen atoms in total. The number of likely N-dealkylation sites (tertiary alicyclic amines) is 1. The summed E-state index contributed by atoms with van der Waals surface area (Å²) in [6.07, 6.45) is 6.49. The van der Waals surface area contributed by atoms with Gasteiger partial charge in [-0.2, -0.15) is 10.4 Å². The van der Waals surface area contributed by atoms with E-state index in [2.05, 4.69) is 6.07 Å². The number of rotatable bonds is 7. The van der Waals surface area contributed by atoms with Gasteiger partial charge in [-0.15, -0.1) is 0 Å². The number of hydrogen-bond donors (Lipinski definition) is 0. The van der Waals surface area contributed by atoms with E-state index in [-0.39, 0.29) is 17.3 Å². The standard InChI is InChI=1S/C31H27FN4O2/c32-27-13-9-23(10-14-27)22-38-29-15-11-24(12-16-29)30-26(21-36(34-30)28-7-3-1-4-8-28)19-25(20-33)31(37)35-17-5-2-6-18-35/h1,3-4,7-16,19,21H,2,5-6,17-18,22H2. The first kappa shape index (κ1) is 25.0. The van der Waals surface area contributed by atoms with Crippen LogP contribution in [0.3, 0.4) is 0 Å². The first-order chi connectivity index (χ1) is 18.6. The lowest BCUT2D eigenvalue weighted by Crippen LogP contribution is -2.36. The van der Waals surface area contributed by atoms with Crippen LogP contribution in [0.2, 0.25) is 0 Å². The summed E-state index contributed by atoms with van der Waals surface area (Å²) in [6, 6.07) is 25.5. The topological polar surface area (TPSA) is 71.1 Å². The largest absolute Gasteiger partial charge is 0.489 e. The molecule has 0 bridgehead atoms. The Bertz CT molecular complexity index is 1460. The number of para-hydroxylation sites is 1. The van der Waals surface area contributed by atoms with Crippen LogP contribution in [0.4, 0.5) is 4.39 Å². The van der Waals surface area contributed by atoms with Crippen molar-refractivity contribution in [2.45, 2.75) is 25.9 Å². The number of nitriles is 1. The van der Waals surface area contributed by atoms with Gasteiger partial charge in [0.05, 0.1) is 11.4 Å². The molecule has 1 aliphatic heterocycles. The van der Waals surface area contributed by atoms with Crippen LogP contribution >= 0.6 is 0 Å². The summed E-state index contributed by atoms with van der Waals surface area (Å²) in [5, 5.41) is 14.7.